The molecule has 2 rings (SSSR count). The summed E-state index contributed by atoms with van der Waals surface area (Å²) in [6, 6.07) is 2.22. The molecule has 106 valence electrons. The smallest absolute Gasteiger partial charge is 0.261 e. The van der Waals surface area contributed by atoms with Gasteiger partial charge in [-0.15, -0.1) is 11.3 Å². The van der Waals surface area contributed by atoms with E-state index in [4.69, 9.17) is 0 Å². The largest absolute Gasteiger partial charge is 0.348 e. The average molecular weight is 411 g/mol. The Kier molecular flexibility index (Phi) is 5.87. The van der Waals surface area contributed by atoms with E-state index in [9.17, 15) is 4.79 Å². The molecule has 0 aliphatic carbocycles. The number of carbonyl (C=O) groups excluding carboxylic acids is 1. The molecule has 0 radical (unpaired) electrons. The zero-order valence-electron chi connectivity index (χ0n) is 11.0. The Morgan fingerprint density at radius 1 is 1.47 bits per heavy atom. The Labute approximate surface area is 135 Å². The monoisotopic (exact) mass is 409 g/mol. The molecule has 0 bridgehead atoms. The second kappa shape index (κ2) is 7.20. The SMILES string of the molecule is CCC[NH+]1CCC(NC(=O)c2cc(Br)c(Br)s2)CC1. The fourth-order valence-electron chi connectivity index (χ4n) is 2.49. The zero-order valence-corrected chi connectivity index (χ0v) is 15.0. The standard InChI is InChI=1S/C13H18Br2N2OS/c1-2-5-17-6-3-9(4-7-17)16-13(18)11-8-10(14)12(15)19-11/h8-9H,2-7H2,1H3,(H,16,18)/p+1. The molecule has 3 nitrogen and oxygen atoms in total. The minimum atomic E-state index is 0.0559. The summed E-state index contributed by atoms with van der Waals surface area (Å²) >= 11 is 8.31. The summed E-state index contributed by atoms with van der Waals surface area (Å²) < 4.78 is 1.92. The summed E-state index contributed by atoms with van der Waals surface area (Å²) in [7, 11) is 0. The van der Waals surface area contributed by atoms with Crippen LogP contribution in [0.4, 0.5) is 0 Å². The van der Waals surface area contributed by atoms with Gasteiger partial charge in [0, 0.05) is 23.4 Å². The molecule has 0 saturated carbocycles. The average Bonchev–Trinajstić information content (AvgIpc) is 2.72. The second-order valence-corrected chi connectivity index (χ2v) is 8.20. The quantitative estimate of drug-likeness (QED) is 0.785. The molecule has 19 heavy (non-hydrogen) atoms. The predicted molar refractivity (Wildman–Crippen MR) is 86.1 cm³/mol. The number of rotatable bonds is 4. The number of amides is 1. The molecule has 1 fully saturated rings. The molecule has 0 atom stereocenters. The van der Waals surface area contributed by atoms with Crippen LogP contribution in [0.3, 0.4) is 0 Å². The van der Waals surface area contributed by atoms with Crippen molar-refractivity contribution in [2.75, 3.05) is 19.6 Å². The number of carbonyl (C=O) groups is 1. The van der Waals surface area contributed by atoms with Gasteiger partial charge < -0.3 is 10.2 Å². The highest BCUT2D eigenvalue weighted by Gasteiger charge is 2.23. The van der Waals surface area contributed by atoms with E-state index in [0.29, 0.717) is 6.04 Å². The van der Waals surface area contributed by atoms with Crippen LogP contribution in [0.15, 0.2) is 14.3 Å². The van der Waals surface area contributed by atoms with Crippen LogP contribution in [-0.2, 0) is 0 Å². The molecule has 6 heteroatoms. The number of likely N-dealkylation sites (tertiary alicyclic amines) is 1. The topological polar surface area (TPSA) is 33.5 Å². The Morgan fingerprint density at radius 3 is 2.68 bits per heavy atom. The maximum atomic E-state index is 12.1. The molecule has 0 unspecified atom stereocenters. The Balaban J connectivity index is 1.84. The van der Waals surface area contributed by atoms with Crippen LogP contribution in [0, 0.1) is 0 Å². The van der Waals surface area contributed by atoms with Crippen molar-refractivity contribution in [1.82, 2.24) is 5.32 Å². The van der Waals surface area contributed by atoms with E-state index < -0.39 is 0 Å². The van der Waals surface area contributed by atoms with Crippen LogP contribution < -0.4 is 10.2 Å². The van der Waals surface area contributed by atoms with Gasteiger partial charge in [-0.3, -0.25) is 4.79 Å². The number of quaternary nitrogens is 1. The highest BCUT2D eigenvalue weighted by molar-refractivity contribution is 9.13. The number of thiophene rings is 1. The van der Waals surface area contributed by atoms with Gasteiger partial charge in [-0.05, 0) is 44.3 Å². The molecule has 1 aromatic heterocycles. The Morgan fingerprint density at radius 2 is 2.16 bits per heavy atom. The van der Waals surface area contributed by atoms with Crippen LogP contribution in [0.5, 0.6) is 0 Å². The van der Waals surface area contributed by atoms with Crippen molar-refractivity contribution in [3.8, 4) is 0 Å². The summed E-state index contributed by atoms with van der Waals surface area (Å²) in [6.45, 7) is 5.84. The fraction of sp³-hybridized carbons (Fsp3) is 0.615. The summed E-state index contributed by atoms with van der Waals surface area (Å²) in [6.07, 6.45) is 3.42. The molecular formula is C13H19Br2N2OS+. The highest BCUT2D eigenvalue weighted by atomic mass is 79.9. The predicted octanol–water partition coefficient (Wildman–Crippen LogP) is 2.46. The third-order valence-electron chi connectivity index (χ3n) is 3.50. The number of nitrogens with one attached hydrogen (secondary N) is 2. The Hall–Kier alpha value is 0.0900. The molecule has 2 N–H and O–H groups in total. The second-order valence-electron chi connectivity index (χ2n) is 4.98. The normalized spacial score (nSPS) is 23.3. The van der Waals surface area contributed by atoms with Crippen LogP contribution in [0.2, 0.25) is 0 Å². The van der Waals surface area contributed by atoms with E-state index in [-0.39, 0.29) is 5.91 Å². The minimum Gasteiger partial charge on any atom is -0.348 e. The first kappa shape index (κ1) is 15.5. The maximum absolute atomic E-state index is 12.1. The number of hydrogen-bond acceptors (Lipinski definition) is 2. The number of hydrogen-bond donors (Lipinski definition) is 2. The number of halogens is 2. The first-order valence-electron chi connectivity index (χ1n) is 6.69. The lowest BCUT2D eigenvalue weighted by atomic mass is 10.0. The van der Waals surface area contributed by atoms with Crippen molar-refractivity contribution < 1.29 is 9.69 Å². The third kappa shape index (κ3) is 4.28. The van der Waals surface area contributed by atoms with Crippen LogP contribution in [-0.4, -0.2) is 31.6 Å². The molecule has 1 aliphatic rings. The first-order valence-corrected chi connectivity index (χ1v) is 9.09. The van der Waals surface area contributed by atoms with E-state index in [1.165, 1.54) is 37.4 Å². The van der Waals surface area contributed by atoms with Crippen molar-refractivity contribution in [3.05, 3.63) is 19.2 Å². The lowest BCUT2D eigenvalue weighted by molar-refractivity contribution is -0.905. The maximum Gasteiger partial charge on any atom is 0.261 e. The summed E-state index contributed by atoms with van der Waals surface area (Å²) in [5, 5.41) is 3.15. The molecule has 1 amide bonds. The van der Waals surface area contributed by atoms with Gasteiger partial charge in [0.15, 0.2) is 0 Å². The van der Waals surface area contributed by atoms with Gasteiger partial charge in [0.2, 0.25) is 0 Å². The van der Waals surface area contributed by atoms with Gasteiger partial charge in [-0.25, -0.2) is 0 Å². The molecule has 1 saturated heterocycles. The van der Waals surface area contributed by atoms with Crippen molar-refractivity contribution in [1.29, 1.82) is 0 Å². The van der Waals surface area contributed by atoms with Crippen LogP contribution in [0.1, 0.15) is 35.9 Å². The minimum absolute atomic E-state index is 0.0559. The number of piperidine rings is 1. The van der Waals surface area contributed by atoms with E-state index in [2.05, 4.69) is 44.1 Å². The van der Waals surface area contributed by atoms with Crippen LogP contribution in [0.25, 0.3) is 0 Å². The first-order chi connectivity index (χ1) is 9.10. The van der Waals surface area contributed by atoms with E-state index in [0.717, 1.165) is 26.0 Å². The molecule has 0 spiro atoms. The summed E-state index contributed by atoms with van der Waals surface area (Å²) in [5.74, 6) is 0.0559. The lowest BCUT2D eigenvalue weighted by Crippen LogP contribution is -3.13. The van der Waals surface area contributed by atoms with Gasteiger partial charge in [-0.2, -0.15) is 0 Å². The van der Waals surface area contributed by atoms with Crippen molar-refractivity contribution in [2.45, 2.75) is 32.2 Å². The van der Waals surface area contributed by atoms with Gasteiger partial charge >= 0.3 is 0 Å². The summed E-state index contributed by atoms with van der Waals surface area (Å²) in [5.41, 5.74) is 0. The van der Waals surface area contributed by atoms with Gasteiger partial charge in [-0.1, -0.05) is 6.92 Å². The third-order valence-corrected chi connectivity index (χ3v) is 6.76. The highest BCUT2D eigenvalue weighted by Crippen LogP contribution is 2.32. The fourth-order valence-corrected chi connectivity index (χ4v) is 4.43. The van der Waals surface area contributed by atoms with Crippen LogP contribution >= 0.6 is 43.2 Å². The molecular weight excluding hydrogens is 392 g/mol. The van der Waals surface area contributed by atoms with E-state index in [1.807, 2.05) is 6.07 Å². The van der Waals surface area contributed by atoms with Gasteiger partial charge in [0.05, 0.1) is 28.3 Å². The van der Waals surface area contributed by atoms with Crippen molar-refractivity contribution in [3.63, 3.8) is 0 Å². The van der Waals surface area contributed by atoms with Gasteiger partial charge in [0.1, 0.15) is 0 Å². The van der Waals surface area contributed by atoms with Crippen molar-refractivity contribution >= 4 is 49.1 Å². The zero-order chi connectivity index (χ0) is 13.8. The molecule has 1 aliphatic heterocycles. The lowest BCUT2D eigenvalue weighted by Gasteiger charge is -2.29. The molecule has 2 heterocycles. The van der Waals surface area contributed by atoms with E-state index in [1.54, 1.807) is 4.90 Å². The summed E-state index contributed by atoms with van der Waals surface area (Å²) in [4.78, 5) is 14.6. The Bertz CT molecular complexity index is 422. The van der Waals surface area contributed by atoms with Gasteiger partial charge in [0.25, 0.3) is 5.91 Å². The van der Waals surface area contributed by atoms with E-state index >= 15 is 0 Å². The molecule has 0 aromatic carbocycles. The molecule has 1 aromatic rings. The van der Waals surface area contributed by atoms with Crippen molar-refractivity contribution in [2.24, 2.45) is 0 Å².